The van der Waals surface area contributed by atoms with Crippen LogP contribution in [0.1, 0.15) is 25.0 Å². The maximum absolute atomic E-state index is 13.3. The van der Waals surface area contributed by atoms with E-state index >= 15 is 0 Å². The van der Waals surface area contributed by atoms with Crippen molar-refractivity contribution in [1.82, 2.24) is 9.47 Å². The van der Waals surface area contributed by atoms with Gasteiger partial charge in [-0.3, -0.25) is 14.5 Å². The highest BCUT2D eigenvalue weighted by Crippen LogP contribution is 2.35. The number of hydrogen-bond acceptors (Lipinski definition) is 5. The minimum absolute atomic E-state index is 0.169. The van der Waals surface area contributed by atoms with Crippen molar-refractivity contribution >= 4 is 45.9 Å². The SMILES string of the molecule is CCOC(=O)[C@@H](C)N1C(=O)S/C(=C/c2cn(Cc3ccc(F)cc3)c3ccccc23)C1=O. The Hall–Kier alpha value is -3.39. The van der Waals surface area contributed by atoms with Crippen LogP contribution < -0.4 is 0 Å². The van der Waals surface area contributed by atoms with Gasteiger partial charge >= 0.3 is 5.97 Å². The first-order valence-electron chi connectivity index (χ1n) is 10.1. The second-order valence-electron chi connectivity index (χ2n) is 7.34. The molecule has 0 radical (unpaired) electrons. The van der Waals surface area contributed by atoms with Crippen molar-refractivity contribution < 1.29 is 23.5 Å². The molecule has 0 bridgehead atoms. The minimum atomic E-state index is -0.992. The molecule has 1 aromatic heterocycles. The smallest absolute Gasteiger partial charge is 0.329 e. The molecule has 1 atom stereocenters. The van der Waals surface area contributed by atoms with Gasteiger partial charge in [0, 0.05) is 29.2 Å². The molecule has 0 spiro atoms. The standard InChI is InChI=1S/C24H21FN2O4S/c1-3-31-23(29)15(2)27-22(28)21(32-24(27)30)12-17-14-26(20-7-5-4-6-19(17)20)13-16-8-10-18(25)11-9-16/h4-12,14-15H,3,13H2,1-2H3/b21-12+/t15-/m1/s1. The van der Waals surface area contributed by atoms with Crippen molar-refractivity contribution in [3.63, 3.8) is 0 Å². The topological polar surface area (TPSA) is 68.6 Å². The first-order valence-corrected chi connectivity index (χ1v) is 11.0. The van der Waals surface area contributed by atoms with Gasteiger partial charge < -0.3 is 9.30 Å². The molecule has 0 N–H and O–H groups in total. The number of halogens is 1. The number of hydrogen-bond donors (Lipinski definition) is 0. The van der Waals surface area contributed by atoms with E-state index in [-0.39, 0.29) is 17.3 Å². The van der Waals surface area contributed by atoms with Crippen molar-refractivity contribution in [2.45, 2.75) is 26.4 Å². The van der Waals surface area contributed by atoms with Gasteiger partial charge in [0.15, 0.2) is 0 Å². The van der Waals surface area contributed by atoms with Gasteiger partial charge in [-0.25, -0.2) is 9.18 Å². The molecule has 0 aliphatic carbocycles. The summed E-state index contributed by atoms with van der Waals surface area (Å²) in [6, 6.07) is 13.0. The van der Waals surface area contributed by atoms with Crippen molar-refractivity contribution in [3.05, 3.63) is 76.6 Å². The molecule has 2 aromatic carbocycles. The summed E-state index contributed by atoms with van der Waals surface area (Å²) in [5, 5.41) is 0.414. The average Bonchev–Trinajstić information content (AvgIpc) is 3.26. The number of fused-ring (bicyclic) bond motifs is 1. The number of carbonyl (C=O) groups excluding carboxylic acids is 3. The Morgan fingerprint density at radius 3 is 2.59 bits per heavy atom. The van der Waals surface area contributed by atoms with Gasteiger partial charge in [0.05, 0.1) is 11.5 Å². The lowest BCUT2D eigenvalue weighted by Gasteiger charge is -2.19. The molecule has 0 saturated carbocycles. The number of carbonyl (C=O) groups is 3. The van der Waals surface area contributed by atoms with Gasteiger partial charge in [-0.15, -0.1) is 0 Å². The maximum atomic E-state index is 13.3. The molecule has 1 fully saturated rings. The third-order valence-electron chi connectivity index (χ3n) is 5.21. The van der Waals surface area contributed by atoms with E-state index in [2.05, 4.69) is 0 Å². The molecule has 2 amide bonds. The van der Waals surface area contributed by atoms with Crippen molar-refractivity contribution in [3.8, 4) is 0 Å². The molecule has 32 heavy (non-hydrogen) atoms. The lowest BCUT2D eigenvalue weighted by atomic mass is 10.1. The van der Waals surface area contributed by atoms with E-state index < -0.39 is 23.2 Å². The van der Waals surface area contributed by atoms with Gasteiger partial charge in [-0.05, 0) is 55.4 Å². The fourth-order valence-corrected chi connectivity index (χ4v) is 4.53. The quantitative estimate of drug-likeness (QED) is 0.396. The molecule has 6 nitrogen and oxygen atoms in total. The van der Waals surface area contributed by atoms with Crippen molar-refractivity contribution in [1.29, 1.82) is 0 Å². The van der Waals surface area contributed by atoms with Gasteiger partial charge in [-0.2, -0.15) is 0 Å². The Balaban J connectivity index is 1.67. The summed E-state index contributed by atoms with van der Waals surface area (Å²) in [6.07, 6.45) is 3.57. The molecule has 1 saturated heterocycles. The fourth-order valence-electron chi connectivity index (χ4n) is 3.63. The molecule has 4 rings (SSSR count). The number of amides is 2. The summed E-state index contributed by atoms with van der Waals surface area (Å²) in [4.78, 5) is 38.6. The van der Waals surface area contributed by atoms with Crippen molar-refractivity contribution in [2.75, 3.05) is 6.61 Å². The van der Waals surface area contributed by atoms with Crippen LogP contribution in [0.3, 0.4) is 0 Å². The lowest BCUT2D eigenvalue weighted by Crippen LogP contribution is -2.42. The zero-order valence-electron chi connectivity index (χ0n) is 17.6. The van der Waals surface area contributed by atoms with Crippen LogP contribution >= 0.6 is 11.8 Å². The van der Waals surface area contributed by atoms with Gasteiger partial charge in [0.1, 0.15) is 11.9 Å². The number of para-hydroxylation sites is 1. The summed E-state index contributed by atoms with van der Waals surface area (Å²) in [5.41, 5.74) is 2.65. The van der Waals surface area contributed by atoms with E-state index in [9.17, 15) is 18.8 Å². The van der Waals surface area contributed by atoms with E-state index in [1.807, 2.05) is 35.0 Å². The van der Waals surface area contributed by atoms with Gasteiger partial charge in [0.2, 0.25) is 0 Å². The first kappa shape index (κ1) is 21.8. The van der Waals surface area contributed by atoms with Crippen LogP contribution in [-0.2, 0) is 20.9 Å². The molecule has 2 heterocycles. The van der Waals surface area contributed by atoms with Crippen LogP contribution in [0.2, 0.25) is 0 Å². The maximum Gasteiger partial charge on any atom is 0.329 e. The molecule has 0 unspecified atom stereocenters. The first-order chi connectivity index (χ1) is 15.4. The van der Waals surface area contributed by atoms with Gasteiger partial charge in [0.25, 0.3) is 11.1 Å². The second kappa shape index (κ2) is 9.00. The van der Waals surface area contributed by atoms with Gasteiger partial charge in [-0.1, -0.05) is 30.3 Å². The zero-order valence-corrected chi connectivity index (χ0v) is 18.4. The van der Waals surface area contributed by atoms with Crippen LogP contribution in [0.15, 0.2) is 59.6 Å². The summed E-state index contributed by atoms with van der Waals surface area (Å²) in [6.45, 7) is 3.84. The number of nitrogens with zero attached hydrogens (tertiary/aromatic N) is 2. The Morgan fingerprint density at radius 2 is 1.88 bits per heavy atom. The zero-order chi connectivity index (χ0) is 22.8. The third-order valence-corrected chi connectivity index (χ3v) is 6.09. The van der Waals surface area contributed by atoms with Crippen LogP contribution in [0.5, 0.6) is 0 Å². The molecular formula is C24H21FN2O4S. The monoisotopic (exact) mass is 452 g/mol. The highest BCUT2D eigenvalue weighted by molar-refractivity contribution is 8.18. The molecular weight excluding hydrogens is 431 g/mol. The Morgan fingerprint density at radius 1 is 1.16 bits per heavy atom. The number of ether oxygens (including phenoxy) is 1. The summed E-state index contributed by atoms with van der Waals surface area (Å²) in [5.74, 6) is -1.43. The molecule has 3 aromatic rings. The van der Waals surface area contributed by atoms with E-state index in [4.69, 9.17) is 4.74 Å². The number of benzene rings is 2. The predicted molar refractivity (Wildman–Crippen MR) is 121 cm³/mol. The normalized spacial score (nSPS) is 16.2. The molecule has 1 aliphatic heterocycles. The number of rotatable bonds is 6. The van der Waals surface area contributed by atoms with Crippen LogP contribution in [-0.4, -0.2) is 39.2 Å². The minimum Gasteiger partial charge on any atom is -0.464 e. The Bertz CT molecular complexity index is 1230. The van der Waals surface area contributed by atoms with E-state index in [0.717, 1.165) is 38.7 Å². The number of imide groups is 1. The highest BCUT2D eigenvalue weighted by Gasteiger charge is 2.41. The average molecular weight is 453 g/mol. The molecule has 8 heteroatoms. The van der Waals surface area contributed by atoms with E-state index in [0.29, 0.717) is 6.54 Å². The largest absolute Gasteiger partial charge is 0.464 e. The van der Waals surface area contributed by atoms with E-state index in [1.165, 1.54) is 19.1 Å². The number of thioether (sulfide) groups is 1. The highest BCUT2D eigenvalue weighted by atomic mass is 32.2. The summed E-state index contributed by atoms with van der Waals surface area (Å²) in [7, 11) is 0. The Labute approximate surface area is 188 Å². The molecule has 1 aliphatic rings. The van der Waals surface area contributed by atoms with Crippen LogP contribution in [0.25, 0.3) is 17.0 Å². The lowest BCUT2D eigenvalue weighted by molar-refractivity contribution is -0.150. The second-order valence-corrected chi connectivity index (χ2v) is 8.33. The Kier molecular flexibility index (Phi) is 6.14. The van der Waals surface area contributed by atoms with Crippen LogP contribution in [0.4, 0.5) is 9.18 Å². The number of esters is 1. The number of aromatic nitrogens is 1. The third kappa shape index (κ3) is 4.18. The summed E-state index contributed by atoms with van der Waals surface area (Å²) < 4.78 is 20.2. The fraction of sp³-hybridized carbons (Fsp3) is 0.208. The predicted octanol–water partition coefficient (Wildman–Crippen LogP) is 4.82. The van der Waals surface area contributed by atoms with Crippen LogP contribution in [0, 0.1) is 5.82 Å². The van der Waals surface area contributed by atoms with E-state index in [1.54, 1.807) is 25.1 Å². The van der Waals surface area contributed by atoms with Crippen molar-refractivity contribution in [2.24, 2.45) is 0 Å². The molecule has 164 valence electrons. The summed E-state index contributed by atoms with van der Waals surface area (Å²) >= 11 is 0.804.